The van der Waals surface area contributed by atoms with E-state index < -0.39 is 0 Å². The number of anilines is 1. The van der Waals surface area contributed by atoms with Crippen molar-refractivity contribution in [3.8, 4) is 0 Å². The Morgan fingerprint density at radius 2 is 1.82 bits per heavy atom. The molecule has 0 radical (unpaired) electrons. The highest BCUT2D eigenvalue weighted by Gasteiger charge is 2.35. The SMILES string of the molecule is Cc1cc(N2CCOCC2)ccc1/C=C1/SC(=O)N(Cc2ccccc2)C1=O. The Kier molecular flexibility index (Phi) is 5.50. The molecule has 6 heteroatoms. The summed E-state index contributed by atoms with van der Waals surface area (Å²) >= 11 is 1.01. The van der Waals surface area contributed by atoms with Gasteiger partial charge in [0.2, 0.25) is 0 Å². The van der Waals surface area contributed by atoms with Crippen molar-refractivity contribution in [3.63, 3.8) is 0 Å². The summed E-state index contributed by atoms with van der Waals surface area (Å²) in [5.74, 6) is -0.226. The molecule has 0 aromatic heterocycles. The fourth-order valence-corrected chi connectivity index (χ4v) is 4.21. The topological polar surface area (TPSA) is 49.9 Å². The van der Waals surface area contributed by atoms with Gasteiger partial charge in [0.15, 0.2) is 0 Å². The molecule has 5 nitrogen and oxygen atoms in total. The van der Waals surface area contributed by atoms with Crippen LogP contribution in [0.15, 0.2) is 53.4 Å². The van der Waals surface area contributed by atoms with E-state index in [4.69, 9.17) is 4.74 Å². The first-order valence-electron chi connectivity index (χ1n) is 9.34. The number of ether oxygens (including phenoxy) is 1. The van der Waals surface area contributed by atoms with E-state index in [9.17, 15) is 9.59 Å². The van der Waals surface area contributed by atoms with Gasteiger partial charge in [-0.2, -0.15) is 0 Å². The van der Waals surface area contributed by atoms with Gasteiger partial charge in [-0.25, -0.2) is 0 Å². The molecule has 0 aliphatic carbocycles. The van der Waals surface area contributed by atoms with Gasteiger partial charge in [-0.15, -0.1) is 0 Å². The highest BCUT2D eigenvalue weighted by Crippen LogP contribution is 2.34. The second-order valence-corrected chi connectivity index (χ2v) is 7.89. The van der Waals surface area contributed by atoms with Crippen LogP contribution in [0.3, 0.4) is 0 Å². The molecular formula is C22H22N2O3S. The summed E-state index contributed by atoms with van der Waals surface area (Å²) in [6, 6.07) is 15.8. The lowest BCUT2D eigenvalue weighted by atomic mass is 10.1. The summed E-state index contributed by atoms with van der Waals surface area (Å²) in [7, 11) is 0. The van der Waals surface area contributed by atoms with E-state index in [1.807, 2.05) is 49.4 Å². The van der Waals surface area contributed by atoms with Crippen LogP contribution in [0, 0.1) is 6.92 Å². The molecule has 0 spiro atoms. The molecule has 0 atom stereocenters. The van der Waals surface area contributed by atoms with Crippen molar-refractivity contribution in [1.29, 1.82) is 0 Å². The van der Waals surface area contributed by atoms with Gasteiger partial charge in [-0.3, -0.25) is 14.5 Å². The van der Waals surface area contributed by atoms with Crippen LogP contribution >= 0.6 is 11.8 Å². The number of benzene rings is 2. The van der Waals surface area contributed by atoms with E-state index in [1.54, 1.807) is 0 Å². The number of aryl methyl sites for hydroxylation is 1. The second-order valence-electron chi connectivity index (χ2n) is 6.89. The van der Waals surface area contributed by atoms with E-state index in [-0.39, 0.29) is 11.1 Å². The van der Waals surface area contributed by atoms with Gasteiger partial charge in [0.1, 0.15) is 0 Å². The number of thioether (sulfide) groups is 1. The molecule has 4 rings (SSSR count). The van der Waals surface area contributed by atoms with Crippen molar-refractivity contribution in [2.45, 2.75) is 13.5 Å². The number of nitrogens with zero attached hydrogens (tertiary/aromatic N) is 2. The molecule has 28 heavy (non-hydrogen) atoms. The number of morpholine rings is 1. The lowest BCUT2D eigenvalue weighted by molar-refractivity contribution is -0.123. The van der Waals surface area contributed by atoms with Crippen molar-refractivity contribution >= 4 is 34.7 Å². The third-order valence-electron chi connectivity index (χ3n) is 4.97. The molecule has 144 valence electrons. The zero-order valence-electron chi connectivity index (χ0n) is 15.8. The lowest BCUT2D eigenvalue weighted by Gasteiger charge is -2.29. The smallest absolute Gasteiger partial charge is 0.293 e. The maximum atomic E-state index is 12.7. The molecular weight excluding hydrogens is 372 g/mol. The maximum absolute atomic E-state index is 12.7. The maximum Gasteiger partial charge on any atom is 0.293 e. The van der Waals surface area contributed by atoms with E-state index in [0.29, 0.717) is 11.4 Å². The fraction of sp³-hybridized carbons (Fsp3) is 0.273. The third-order valence-corrected chi connectivity index (χ3v) is 5.88. The number of carbonyl (C=O) groups is 2. The molecule has 2 amide bonds. The number of hydrogen-bond donors (Lipinski definition) is 0. The summed E-state index contributed by atoms with van der Waals surface area (Å²) in [6.07, 6.45) is 1.83. The Morgan fingerprint density at radius 3 is 2.54 bits per heavy atom. The van der Waals surface area contributed by atoms with Gasteiger partial charge in [0.25, 0.3) is 11.1 Å². The molecule has 2 aromatic carbocycles. The van der Waals surface area contributed by atoms with E-state index in [0.717, 1.165) is 60.4 Å². The third kappa shape index (κ3) is 3.98. The molecule has 2 fully saturated rings. The molecule has 0 saturated carbocycles. The Labute approximate surface area is 169 Å². The highest BCUT2D eigenvalue weighted by molar-refractivity contribution is 8.18. The van der Waals surface area contributed by atoms with Crippen molar-refractivity contribution < 1.29 is 14.3 Å². The predicted molar refractivity (Wildman–Crippen MR) is 112 cm³/mol. The van der Waals surface area contributed by atoms with Gasteiger partial charge < -0.3 is 9.64 Å². The summed E-state index contributed by atoms with van der Waals surface area (Å²) in [5, 5.41) is -0.220. The fourth-order valence-electron chi connectivity index (χ4n) is 3.38. The monoisotopic (exact) mass is 394 g/mol. The van der Waals surface area contributed by atoms with Crippen LogP contribution in [0.2, 0.25) is 0 Å². The molecule has 2 aliphatic heterocycles. The summed E-state index contributed by atoms with van der Waals surface area (Å²) in [4.78, 5) is 29.2. The van der Waals surface area contributed by atoms with E-state index in [2.05, 4.69) is 17.0 Å². The minimum Gasteiger partial charge on any atom is -0.378 e. The summed E-state index contributed by atoms with van der Waals surface area (Å²) in [6.45, 7) is 5.60. The number of imide groups is 1. The van der Waals surface area contributed by atoms with Crippen molar-refractivity contribution in [1.82, 2.24) is 4.90 Å². The highest BCUT2D eigenvalue weighted by atomic mass is 32.2. The Morgan fingerprint density at radius 1 is 1.07 bits per heavy atom. The normalized spacial score (nSPS) is 19.0. The van der Waals surface area contributed by atoms with E-state index >= 15 is 0 Å². The Bertz CT molecular complexity index is 921. The first-order chi connectivity index (χ1) is 13.6. The number of rotatable bonds is 4. The molecule has 2 aromatic rings. The molecule has 0 bridgehead atoms. The van der Waals surface area contributed by atoms with Crippen LogP contribution in [0.25, 0.3) is 6.08 Å². The van der Waals surface area contributed by atoms with E-state index in [1.165, 1.54) is 4.90 Å². The summed E-state index contributed by atoms with van der Waals surface area (Å²) in [5.41, 5.74) is 4.15. The molecule has 0 unspecified atom stereocenters. The number of hydrogen-bond acceptors (Lipinski definition) is 5. The van der Waals surface area contributed by atoms with Gasteiger partial charge in [-0.1, -0.05) is 36.4 Å². The largest absolute Gasteiger partial charge is 0.378 e. The molecule has 2 saturated heterocycles. The quantitative estimate of drug-likeness (QED) is 0.732. The number of carbonyl (C=O) groups excluding carboxylic acids is 2. The zero-order valence-corrected chi connectivity index (χ0v) is 16.6. The van der Waals surface area contributed by atoms with Crippen LogP contribution in [-0.2, 0) is 16.1 Å². The van der Waals surface area contributed by atoms with Crippen LogP contribution in [0.5, 0.6) is 0 Å². The van der Waals surface area contributed by atoms with Gasteiger partial charge in [0.05, 0.1) is 24.7 Å². The predicted octanol–water partition coefficient (Wildman–Crippen LogP) is 4.07. The lowest BCUT2D eigenvalue weighted by Crippen LogP contribution is -2.36. The minimum atomic E-state index is -0.226. The van der Waals surface area contributed by atoms with Gasteiger partial charge >= 0.3 is 0 Å². The van der Waals surface area contributed by atoms with Crippen LogP contribution in [-0.4, -0.2) is 42.3 Å². The Balaban J connectivity index is 1.52. The minimum absolute atomic E-state index is 0.220. The average molecular weight is 394 g/mol. The van der Waals surface area contributed by atoms with Gasteiger partial charge in [-0.05, 0) is 53.6 Å². The van der Waals surface area contributed by atoms with Crippen LogP contribution in [0.4, 0.5) is 10.5 Å². The number of amides is 2. The molecule has 0 N–H and O–H groups in total. The van der Waals surface area contributed by atoms with Gasteiger partial charge in [0, 0.05) is 18.8 Å². The van der Waals surface area contributed by atoms with Crippen LogP contribution < -0.4 is 4.90 Å². The average Bonchev–Trinajstić information content (AvgIpc) is 2.98. The van der Waals surface area contributed by atoms with Crippen LogP contribution in [0.1, 0.15) is 16.7 Å². The van der Waals surface area contributed by atoms with Crippen molar-refractivity contribution in [2.24, 2.45) is 0 Å². The summed E-state index contributed by atoms with van der Waals surface area (Å²) < 4.78 is 5.41. The van der Waals surface area contributed by atoms with Crippen molar-refractivity contribution in [2.75, 3.05) is 31.2 Å². The molecule has 2 aliphatic rings. The Hall–Kier alpha value is -2.57. The first kappa shape index (κ1) is 18.8. The standard InChI is InChI=1S/C22H22N2O3S/c1-16-13-19(23-9-11-27-12-10-23)8-7-18(16)14-20-21(25)24(22(26)28-20)15-17-5-3-2-4-6-17/h2-8,13-14H,9-12,15H2,1H3/b20-14+. The first-order valence-corrected chi connectivity index (χ1v) is 10.2. The zero-order chi connectivity index (χ0) is 19.5. The van der Waals surface area contributed by atoms with Crippen molar-refractivity contribution in [3.05, 3.63) is 70.1 Å². The molecule has 2 heterocycles. The second kappa shape index (κ2) is 8.20.